The highest BCUT2D eigenvalue weighted by Crippen LogP contribution is 2.35. The molecule has 3 aromatic rings. The van der Waals surface area contributed by atoms with Crippen molar-refractivity contribution in [3.8, 4) is 17.0 Å². The third-order valence-electron chi connectivity index (χ3n) is 6.61. The molecule has 1 aromatic carbocycles. The van der Waals surface area contributed by atoms with Crippen LogP contribution in [0.3, 0.4) is 0 Å². The van der Waals surface area contributed by atoms with Gasteiger partial charge in [0.15, 0.2) is 11.6 Å². The Morgan fingerprint density at radius 2 is 1.97 bits per heavy atom. The van der Waals surface area contributed by atoms with Gasteiger partial charge in [0.05, 0.1) is 5.69 Å². The minimum atomic E-state index is -0.313. The van der Waals surface area contributed by atoms with Crippen LogP contribution < -0.4 is 15.5 Å². The maximum absolute atomic E-state index is 11.8. The van der Waals surface area contributed by atoms with Gasteiger partial charge in [0.2, 0.25) is 0 Å². The zero-order valence-corrected chi connectivity index (χ0v) is 17.8. The molecule has 3 N–H and O–H groups in total. The molecule has 0 radical (unpaired) electrons. The number of nitrogens with zero attached hydrogens (tertiary/aromatic N) is 3. The first-order chi connectivity index (χ1) is 15.0. The van der Waals surface area contributed by atoms with Crippen LogP contribution in [0.2, 0.25) is 0 Å². The zero-order valence-electron chi connectivity index (χ0n) is 17.8. The minimum Gasteiger partial charge on any atom is -0.507 e. The SMILES string of the molecule is CNC(=O)c1cc2cc(O)c(-c3ccc(N(C)C4C[C@H]5CCC[C@@H](C4)N5)nn3)cc2o1. The van der Waals surface area contributed by atoms with E-state index in [9.17, 15) is 9.90 Å². The Morgan fingerprint density at radius 3 is 2.65 bits per heavy atom. The molecule has 0 spiro atoms. The van der Waals surface area contributed by atoms with Gasteiger partial charge in [-0.15, -0.1) is 10.2 Å². The number of hydrogen-bond donors (Lipinski definition) is 3. The average Bonchev–Trinajstić information content (AvgIpc) is 3.20. The molecule has 2 aliphatic heterocycles. The van der Waals surface area contributed by atoms with E-state index in [0.717, 1.165) is 18.7 Å². The maximum Gasteiger partial charge on any atom is 0.286 e. The van der Waals surface area contributed by atoms with E-state index in [2.05, 4.69) is 32.8 Å². The number of phenolic OH excluding ortho intramolecular Hbond substituents is 1. The van der Waals surface area contributed by atoms with Crippen LogP contribution in [-0.2, 0) is 0 Å². The van der Waals surface area contributed by atoms with Crippen LogP contribution in [0.4, 0.5) is 5.82 Å². The monoisotopic (exact) mass is 421 g/mol. The topological polar surface area (TPSA) is 104 Å². The minimum absolute atomic E-state index is 0.0679. The number of aromatic hydroxyl groups is 1. The fraction of sp³-hybridized carbons (Fsp3) is 0.435. The summed E-state index contributed by atoms with van der Waals surface area (Å²) in [5, 5.41) is 26.2. The van der Waals surface area contributed by atoms with E-state index >= 15 is 0 Å². The molecule has 5 rings (SSSR count). The van der Waals surface area contributed by atoms with Crippen molar-refractivity contribution >= 4 is 22.7 Å². The van der Waals surface area contributed by atoms with Gasteiger partial charge in [0, 0.05) is 43.2 Å². The number of fused-ring (bicyclic) bond motifs is 3. The summed E-state index contributed by atoms with van der Waals surface area (Å²) >= 11 is 0. The number of rotatable bonds is 4. The maximum atomic E-state index is 11.8. The summed E-state index contributed by atoms with van der Waals surface area (Å²) in [6.45, 7) is 0. The van der Waals surface area contributed by atoms with Crippen LogP contribution in [0, 0.1) is 0 Å². The second-order valence-electron chi connectivity index (χ2n) is 8.60. The lowest BCUT2D eigenvalue weighted by molar-refractivity contribution is 0.0938. The van der Waals surface area contributed by atoms with Crippen molar-refractivity contribution in [1.82, 2.24) is 20.8 Å². The molecule has 1 amide bonds. The lowest BCUT2D eigenvalue weighted by Crippen LogP contribution is -2.54. The number of amides is 1. The van der Waals surface area contributed by atoms with Crippen LogP contribution in [0.1, 0.15) is 42.7 Å². The summed E-state index contributed by atoms with van der Waals surface area (Å²) in [5.41, 5.74) is 1.58. The van der Waals surface area contributed by atoms with E-state index in [1.807, 2.05) is 12.1 Å². The molecule has 8 heteroatoms. The highest BCUT2D eigenvalue weighted by Gasteiger charge is 2.33. The van der Waals surface area contributed by atoms with Gasteiger partial charge in [-0.1, -0.05) is 6.42 Å². The summed E-state index contributed by atoms with van der Waals surface area (Å²) < 4.78 is 5.63. The van der Waals surface area contributed by atoms with E-state index < -0.39 is 0 Å². The van der Waals surface area contributed by atoms with Gasteiger partial charge in [-0.05, 0) is 56.0 Å². The van der Waals surface area contributed by atoms with Crippen LogP contribution in [0.15, 0.2) is 34.7 Å². The summed E-state index contributed by atoms with van der Waals surface area (Å²) in [5.74, 6) is 0.780. The molecule has 2 aliphatic rings. The fourth-order valence-corrected chi connectivity index (χ4v) is 4.91. The van der Waals surface area contributed by atoms with Crippen LogP contribution in [0.5, 0.6) is 5.75 Å². The zero-order chi connectivity index (χ0) is 21.5. The van der Waals surface area contributed by atoms with Gasteiger partial charge in [0.25, 0.3) is 5.91 Å². The van der Waals surface area contributed by atoms with Crippen molar-refractivity contribution in [2.75, 3.05) is 19.0 Å². The third-order valence-corrected chi connectivity index (χ3v) is 6.61. The molecule has 2 bridgehead atoms. The van der Waals surface area contributed by atoms with E-state index in [0.29, 0.717) is 40.4 Å². The van der Waals surface area contributed by atoms with Gasteiger partial charge in [0.1, 0.15) is 11.3 Å². The molecule has 0 saturated carbocycles. The predicted molar refractivity (Wildman–Crippen MR) is 118 cm³/mol. The Balaban J connectivity index is 1.38. The molecular formula is C23H27N5O3. The van der Waals surface area contributed by atoms with Crippen molar-refractivity contribution < 1.29 is 14.3 Å². The van der Waals surface area contributed by atoms with E-state index in [1.165, 1.54) is 19.3 Å². The first-order valence-electron chi connectivity index (χ1n) is 10.8. The van der Waals surface area contributed by atoms with Gasteiger partial charge >= 0.3 is 0 Å². The molecule has 8 nitrogen and oxygen atoms in total. The molecule has 1 unspecified atom stereocenters. The molecule has 4 heterocycles. The Labute approximate surface area is 180 Å². The van der Waals surface area contributed by atoms with E-state index in [4.69, 9.17) is 4.42 Å². The largest absolute Gasteiger partial charge is 0.507 e. The fourth-order valence-electron chi connectivity index (χ4n) is 4.91. The number of hydrogen-bond acceptors (Lipinski definition) is 7. The predicted octanol–water partition coefficient (Wildman–Crippen LogP) is 3.06. The average molecular weight is 422 g/mol. The van der Waals surface area contributed by atoms with Crippen molar-refractivity contribution in [2.24, 2.45) is 0 Å². The van der Waals surface area contributed by atoms with Crippen LogP contribution in [-0.4, -0.2) is 53.4 Å². The van der Waals surface area contributed by atoms with Crippen molar-refractivity contribution in [1.29, 1.82) is 0 Å². The van der Waals surface area contributed by atoms with Gasteiger partial charge in [-0.25, -0.2) is 0 Å². The lowest BCUT2D eigenvalue weighted by atomic mass is 9.83. The van der Waals surface area contributed by atoms with Gasteiger partial charge < -0.3 is 25.1 Å². The number of nitrogens with one attached hydrogen (secondary N) is 2. The summed E-state index contributed by atoms with van der Waals surface area (Å²) in [6, 6.07) is 10.3. The molecule has 2 saturated heterocycles. The highest BCUT2D eigenvalue weighted by molar-refractivity contribution is 5.97. The molecular weight excluding hydrogens is 394 g/mol. The second kappa shape index (κ2) is 7.85. The smallest absolute Gasteiger partial charge is 0.286 e. The number of anilines is 1. The number of piperidine rings is 2. The number of carbonyl (C=O) groups is 1. The van der Waals surface area contributed by atoms with Crippen LogP contribution in [0.25, 0.3) is 22.2 Å². The molecule has 31 heavy (non-hydrogen) atoms. The second-order valence-corrected chi connectivity index (χ2v) is 8.60. The number of benzene rings is 1. The van der Waals surface area contributed by atoms with Crippen molar-refractivity contribution in [3.63, 3.8) is 0 Å². The van der Waals surface area contributed by atoms with Crippen molar-refractivity contribution in [2.45, 2.75) is 50.2 Å². The molecule has 0 aliphatic carbocycles. The Bertz CT molecular complexity index is 1100. The normalized spacial score (nSPS) is 23.0. The van der Waals surface area contributed by atoms with Gasteiger partial charge in [-0.3, -0.25) is 4.79 Å². The summed E-state index contributed by atoms with van der Waals surface area (Å²) in [4.78, 5) is 14.1. The Hall–Kier alpha value is -3.13. The summed E-state index contributed by atoms with van der Waals surface area (Å²) in [6.07, 6.45) is 6.07. The Morgan fingerprint density at radius 1 is 1.19 bits per heavy atom. The van der Waals surface area contributed by atoms with Crippen molar-refractivity contribution in [3.05, 3.63) is 36.1 Å². The quantitative estimate of drug-likeness (QED) is 0.595. The molecule has 2 fully saturated rings. The summed E-state index contributed by atoms with van der Waals surface area (Å²) in [7, 11) is 3.63. The first-order valence-corrected chi connectivity index (χ1v) is 10.8. The highest BCUT2D eigenvalue weighted by atomic mass is 16.3. The van der Waals surface area contributed by atoms with E-state index in [1.54, 1.807) is 25.2 Å². The van der Waals surface area contributed by atoms with E-state index in [-0.39, 0.29) is 17.4 Å². The molecule has 3 atom stereocenters. The van der Waals surface area contributed by atoms with Gasteiger partial charge in [-0.2, -0.15) is 0 Å². The molecule has 2 aromatic heterocycles. The lowest BCUT2D eigenvalue weighted by Gasteiger charge is -2.43. The third kappa shape index (κ3) is 3.72. The standard InChI is InChI=1S/C23H27N5O3/c1-24-23(30)21-9-13-8-19(29)17(12-20(13)31-21)18-6-7-22(27-26-18)28(2)16-10-14-4-3-5-15(11-16)25-14/h6-9,12,14-16,25,29H,3-5,10-11H2,1-2H3,(H,24,30)/t14-,15+,16?. The van der Waals surface area contributed by atoms with Crippen LogP contribution >= 0.6 is 0 Å². The number of furan rings is 1. The number of phenols is 1. The first kappa shape index (κ1) is 19.8. The number of aromatic nitrogens is 2. The molecule has 162 valence electrons. The Kier molecular flexibility index (Phi) is 5.02. The number of carbonyl (C=O) groups excluding carboxylic acids is 1.